The van der Waals surface area contributed by atoms with Crippen LogP contribution in [0.1, 0.15) is 33.6 Å². The molecule has 1 aliphatic heterocycles. The van der Waals surface area contributed by atoms with Gasteiger partial charge in [0.15, 0.2) is 0 Å². The number of rotatable bonds is 4. The van der Waals surface area contributed by atoms with Crippen LogP contribution in [0, 0.1) is 11.3 Å². The SMILES string of the molecule is CC(C)(C)OC(=O)N1CCC(N[C@H](CO)CC#N)C1. The third-order valence-electron chi connectivity index (χ3n) is 2.87. The summed E-state index contributed by atoms with van der Waals surface area (Å²) >= 11 is 0. The van der Waals surface area contributed by atoms with Crippen LogP contribution in [0.5, 0.6) is 0 Å². The van der Waals surface area contributed by atoms with Crippen LogP contribution in [0.4, 0.5) is 4.79 Å². The second-order valence-electron chi connectivity index (χ2n) is 5.82. The highest BCUT2D eigenvalue weighted by Gasteiger charge is 2.30. The van der Waals surface area contributed by atoms with Crippen molar-refractivity contribution in [2.75, 3.05) is 19.7 Å². The molecule has 1 unspecified atom stereocenters. The van der Waals surface area contributed by atoms with Crippen molar-refractivity contribution >= 4 is 6.09 Å². The van der Waals surface area contributed by atoms with Gasteiger partial charge in [-0.2, -0.15) is 5.26 Å². The third-order valence-corrected chi connectivity index (χ3v) is 2.87. The first-order chi connectivity index (χ1) is 8.85. The van der Waals surface area contributed by atoms with E-state index in [1.54, 1.807) is 4.90 Å². The molecule has 108 valence electrons. The summed E-state index contributed by atoms with van der Waals surface area (Å²) in [6, 6.07) is 1.91. The van der Waals surface area contributed by atoms with Gasteiger partial charge in [-0.1, -0.05) is 0 Å². The number of carbonyl (C=O) groups is 1. The summed E-state index contributed by atoms with van der Waals surface area (Å²) in [7, 11) is 0. The maximum Gasteiger partial charge on any atom is 0.410 e. The zero-order valence-electron chi connectivity index (χ0n) is 11.8. The van der Waals surface area contributed by atoms with E-state index in [0.717, 1.165) is 6.42 Å². The van der Waals surface area contributed by atoms with E-state index in [-0.39, 0.29) is 31.2 Å². The second kappa shape index (κ2) is 6.73. The molecule has 0 aromatic heterocycles. The molecule has 2 atom stereocenters. The van der Waals surface area contributed by atoms with Crippen LogP contribution in [0.25, 0.3) is 0 Å². The molecule has 0 bridgehead atoms. The number of hydrogen-bond donors (Lipinski definition) is 2. The Bertz CT molecular complexity index is 346. The van der Waals surface area contributed by atoms with Crippen molar-refractivity contribution in [3.05, 3.63) is 0 Å². The predicted octanol–water partition coefficient (Wildman–Crippen LogP) is 0.860. The van der Waals surface area contributed by atoms with Crippen molar-refractivity contribution in [2.45, 2.75) is 51.3 Å². The molecule has 0 aliphatic carbocycles. The maximum absolute atomic E-state index is 11.9. The van der Waals surface area contributed by atoms with Crippen molar-refractivity contribution < 1.29 is 14.6 Å². The number of nitrogens with zero attached hydrogens (tertiary/aromatic N) is 2. The quantitative estimate of drug-likeness (QED) is 0.790. The number of nitrogens with one attached hydrogen (secondary N) is 1. The van der Waals surface area contributed by atoms with Crippen molar-refractivity contribution in [1.82, 2.24) is 10.2 Å². The zero-order chi connectivity index (χ0) is 14.5. The van der Waals surface area contributed by atoms with Crippen LogP contribution >= 0.6 is 0 Å². The summed E-state index contributed by atoms with van der Waals surface area (Å²) in [5.74, 6) is 0. The Kier molecular flexibility index (Phi) is 5.58. The highest BCUT2D eigenvalue weighted by Crippen LogP contribution is 2.15. The topological polar surface area (TPSA) is 85.6 Å². The van der Waals surface area contributed by atoms with Crippen LogP contribution in [0.2, 0.25) is 0 Å². The van der Waals surface area contributed by atoms with Crippen molar-refractivity contribution in [1.29, 1.82) is 5.26 Å². The van der Waals surface area contributed by atoms with Gasteiger partial charge in [-0.25, -0.2) is 4.79 Å². The second-order valence-corrected chi connectivity index (χ2v) is 5.82. The number of likely N-dealkylation sites (tertiary alicyclic amines) is 1. The van der Waals surface area contributed by atoms with E-state index in [2.05, 4.69) is 5.32 Å². The van der Waals surface area contributed by atoms with E-state index < -0.39 is 5.60 Å². The number of nitriles is 1. The molecule has 6 heteroatoms. The van der Waals surface area contributed by atoms with Crippen LogP contribution < -0.4 is 5.32 Å². The van der Waals surface area contributed by atoms with E-state index >= 15 is 0 Å². The summed E-state index contributed by atoms with van der Waals surface area (Å²) in [5, 5.41) is 20.9. The minimum absolute atomic E-state index is 0.0729. The molecule has 1 fully saturated rings. The van der Waals surface area contributed by atoms with E-state index in [0.29, 0.717) is 13.1 Å². The summed E-state index contributed by atoms with van der Waals surface area (Å²) in [4.78, 5) is 13.5. The Labute approximate surface area is 114 Å². The smallest absolute Gasteiger partial charge is 0.410 e. The minimum Gasteiger partial charge on any atom is -0.444 e. The molecular formula is C13H23N3O3. The number of ether oxygens (including phenoxy) is 1. The maximum atomic E-state index is 11.9. The van der Waals surface area contributed by atoms with Crippen molar-refractivity contribution in [3.8, 4) is 6.07 Å². The average Bonchev–Trinajstić information content (AvgIpc) is 2.75. The number of hydrogen-bond acceptors (Lipinski definition) is 5. The molecule has 1 amide bonds. The Balaban J connectivity index is 2.41. The van der Waals surface area contributed by atoms with E-state index in [9.17, 15) is 4.79 Å². The molecule has 0 radical (unpaired) electrons. The third kappa shape index (κ3) is 5.45. The Hall–Kier alpha value is -1.32. The first-order valence-corrected chi connectivity index (χ1v) is 6.57. The Morgan fingerprint density at radius 3 is 2.84 bits per heavy atom. The number of amides is 1. The summed E-state index contributed by atoms with van der Waals surface area (Å²) in [6.45, 7) is 6.63. The van der Waals surface area contributed by atoms with E-state index in [1.807, 2.05) is 26.8 Å². The highest BCUT2D eigenvalue weighted by molar-refractivity contribution is 5.68. The fourth-order valence-corrected chi connectivity index (χ4v) is 2.01. The van der Waals surface area contributed by atoms with Gasteiger partial charge in [0.2, 0.25) is 0 Å². The van der Waals surface area contributed by atoms with E-state index in [4.69, 9.17) is 15.1 Å². The lowest BCUT2D eigenvalue weighted by atomic mass is 10.2. The normalized spacial score (nSPS) is 21.0. The molecule has 0 aromatic rings. The zero-order valence-corrected chi connectivity index (χ0v) is 11.8. The lowest BCUT2D eigenvalue weighted by Crippen LogP contribution is -2.43. The van der Waals surface area contributed by atoms with Gasteiger partial charge < -0.3 is 20.1 Å². The molecule has 0 aromatic carbocycles. The molecule has 2 N–H and O–H groups in total. The van der Waals surface area contributed by atoms with Crippen LogP contribution in [-0.2, 0) is 4.74 Å². The summed E-state index contributed by atoms with van der Waals surface area (Å²) in [5.41, 5.74) is -0.489. The Morgan fingerprint density at radius 1 is 1.63 bits per heavy atom. The Morgan fingerprint density at radius 2 is 2.32 bits per heavy atom. The summed E-state index contributed by atoms with van der Waals surface area (Å²) in [6.07, 6.45) is 0.762. The van der Waals surface area contributed by atoms with Gasteiger partial charge in [-0.15, -0.1) is 0 Å². The molecule has 0 saturated carbocycles. The standard InChI is InChI=1S/C13H23N3O3/c1-13(2,3)19-12(18)16-7-5-10(8-16)15-11(9-17)4-6-14/h10-11,15,17H,4-5,7-9H2,1-3H3/t10?,11-/m0/s1. The van der Waals surface area contributed by atoms with Gasteiger partial charge >= 0.3 is 6.09 Å². The molecule has 0 spiro atoms. The van der Waals surface area contributed by atoms with Gasteiger partial charge in [0, 0.05) is 25.2 Å². The molecular weight excluding hydrogens is 246 g/mol. The van der Waals surface area contributed by atoms with Gasteiger partial charge in [-0.05, 0) is 27.2 Å². The lowest BCUT2D eigenvalue weighted by Gasteiger charge is -2.25. The monoisotopic (exact) mass is 269 g/mol. The van der Waals surface area contributed by atoms with Crippen LogP contribution in [0.15, 0.2) is 0 Å². The molecule has 1 saturated heterocycles. The number of aliphatic hydroxyl groups is 1. The van der Waals surface area contributed by atoms with Crippen LogP contribution in [0.3, 0.4) is 0 Å². The highest BCUT2D eigenvalue weighted by atomic mass is 16.6. The molecule has 1 aliphatic rings. The minimum atomic E-state index is -0.489. The lowest BCUT2D eigenvalue weighted by molar-refractivity contribution is 0.0290. The van der Waals surface area contributed by atoms with Crippen LogP contribution in [-0.4, -0.2) is 53.5 Å². The van der Waals surface area contributed by atoms with Gasteiger partial charge in [-0.3, -0.25) is 0 Å². The molecule has 1 rings (SSSR count). The molecule has 1 heterocycles. The first-order valence-electron chi connectivity index (χ1n) is 6.57. The van der Waals surface area contributed by atoms with E-state index in [1.165, 1.54) is 0 Å². The number of carbonyl (C=O) groups excluding carboxylic acids is 1. The first kappa shape index (κ1) is 15.7. The van der Waals surface area contributed by atoms with Gasteiger partial charge in [0.1, 0.15) is 5.60 Å². The fraction of sp³-hybridized carbons (Fsp3) is 0.846. The number of aliphatic hydroxyl groups excluding tert-OH is 1. The average molecular weight is 269 g/mol. The van der Waals surface area contributed by atoms with Crippen molar-refractivity contribution in [2.24, 2.45) is 0 Å². The molecule has 6 nitrogen and oxygen atoms in total. The van der Waals surface area contributed by atoms with Gasteiger partial charge in [0.25, 0.3) is 0 Å². The predicted molar refractivity (Wildman–Crippen MR) is 70.5 cm³/mol. The van der Waals surface area contributed by atoms with Gasteiger partial charge in [0.05, 0.1) is 19.1 Å². The summed E-state index contributed by atoms with van der Waals surface area (Å²) < 4.78 is 5.31. The van der Waals surface area contributed by atoms with Crippen molar-refractivity contribution in [3.63, 3.8) is 0 Å². The molecule has 19 heavy (non-hydrogen) atoms. The fourth-order valence-electron chi connectivity index (χ4n) is 2.01. The largest absolute Gasteiger partial charge is 0.444 e.